The van der Waals surface area contributed by atoms with Gasteiger partial charge in [0, 0.05) is 29.7 Å². The van der Waals surface area contributed by atoms with Gasteiger partial charge in [0.2, 0.25) is 0 Å². The van der Waals surface area contributed by atoms with Crippen LogP contribution < -0.4 is 5.32 Å². The van der Waals surface area contributed by atoms with Crippen molar-refractivity contribution in [2.45, 2.75) is 25.4 Å². The van der Waals surface area contributed by atoms with Crippen LogP contribution in [0, 0.1) is 5.82 Å². The van der Waals surface area contributed by atoms with Gasteiger partial charge < -0.3 is 5.32 Å². The minimum absolute atomic E-state index is 0.157. The average Bonchev–Trinajstić information content (AvgIpc) is 3.08. The van der Waals surface area contributed by atoms with Crippen LogP contribution in [0.1, 0.15) is 30.0 Å². The first-order valence-electron chi connectivity index (χ1n) is 8.18. The molecule has 1 N–H and O–H groups in total. The Bertz CT molecular complexity index is 641. The van der Waals surface area contributed by atoms with Crippen LogP contribution in [0.3, 0.4) is 0 Å². The molecule has 23 heavy (non-hydrogen) atoms. The molecule has 1 unspecified atom stereocenters. The first kappa shape index (κ1) is 16.4. The number of rotatable bonds is 6. The monoisotopic (exact) mass is 332 g/mol. The van der Waals surface area contributed by atoms with Crippen LogP contribution in [0.5, 0.6) is 0 Å². The van der Waals surface area contributed by atoms with Gasteiger partial charge in [0.05, 0.1) is 0 Å². The van der Waals surface area contributed by atoms with E-state index in [2.05, 4.69) is 16.3 Å². The number of hydrogen-bond acceptors (Lipinski definition) is 2. The lowest BCUT2D eigenvalue weighted by Crippen LogP contribution is -2.34. The molecule has 0 saturated carbocycles. The summed E-state index contributed by atoms with van der Waals surface area (Å²) in [6.07, 6.45) is 2.46. The summed E-state index contributed by atoms with van der Waals surface area (Å²) in [5, 5.41) is 4.21. The smallest absolute Gasteiger partial charge is 0.127 e. The van der Waals surface area contributed by atoms with Crippen LogP contribution in [0.2, 0.25) is 5.02 Å². The molecular formula is C19H22ClFN2. The van der Waals surface area contributed by atoms with Gasteiger partial charge in [-0.1, -0.05) is 48.0 Å². The van der Waals surface area contributed by atoms with E-state index in [1.807, 2.05) is 30.3 Å². The van der Waals surface area contributed by atoms with Gasteiger partial charge in [-0.05, 0) is 43.6 Å². The Labute approximate surface area is 142 Å². The first-order chi connectivity index (χ1) is 11.3. The quantitative estimate of drug-likeness (QED) is 0.843. The summed E-state index contributed by atoms with van der Waals surface area (Å²) >= 11 is 6.40. The van der Waals surface area contributed by atoms with E-state index in [4.69, 9.17) is 11.6 Å². The van der Waals surface area contributed by atoms with Gasteiger partial charge in [-0.25, -0.2) is 4.39 Å². The second-order valence-electron chi connectivity index (χ2n) is 6.00. The molecule has 2 aromatic carbocycles. The van der Waals surface area contributed by atoms with Crippen LogP contribution in [-0.4, -0.2) is 24.5 Å². The topological polar surface area (TPSA) is 15.3 Å². The molecule has 4 heteroatoms. The number of halogens is 2. The molecule has 1 atom stereocenters. The predicted molar refractivity (Wildman–Crippen MR) is 93.1 cm³/mol. The molecule has 3 rings (SSSR count). The fraction of sp³-hybridized carbons (Fsp3) is 0.368. The third-order valence-electron chi connectivity index (χ3n) is 4.46. The molecule has 1 saturated heterocycles. The first-order valence-corrected chi connectivity index (χ1v) is 8.56. The maximum absolute atomic E-state index is 13.7. The summed E-state index contributed by atoms with van der Waals surface area (Å²) in [5.41, 5.74) is 1.85. The summed E-state index contributed by atoms with van der Waals surface area (Å²) in [5.74, 6) is -0.157. The lowest BCUT2D eigenvalue weighted by atomic mass is 10.1. The lowest BCUT2D eigenvalue weighted by Gasteiger charge is -2.29. The van der Waals surface area contributed by atoms with Gasteiger partial charge in [0.1, 0.15) is 5.82 Å². The van der Waals surface area contributed by atoms with E-state index < -0.39 is 0 Å². The highest BCUT2D eigenvalue weighted by Crippen LogP contribution is 2.29. The zero-order chi connectivity index (χ0) is 16.1. The van der Waals surface area contributed by atoms with Crippen molar-refractivity contribution in [1.82, 2.24) is 10.2 Å². The van der Waals surface area contributed by atoms with Crippen molar-refractivity contribution in [3.63, 3.8) is 0 Å². The molecule has 2 aromatic rings. The maximum atomic E-state index is 13.7. The summed E-state index contributed by atoms with van der Waals surface area (Å²) < 4.78 is 13.7. The molecule has 1 heterocycles. The third kappa shape index (κ3) is 4.11. The van der Waals surface area contributed by atoms with E-state index in [1.54, 1.807) is 6.07 Å². The summed E-state index contributed by atoms with van der Waals surface area (Å²) in [4.78, 5) is 2.47. The fourth-order valence-corrected chi connectivity index (χ4v) is 3.48. The molecule has 0 radical (unpaired) electrons. The second kappa shape index (κ2) is 7.91. The van der Waals surface area contributed by atoms with E-state index in [9.17, 15) is 4.39 Å². The van der Waals surface area contributed by atoms with Crippen LogP contribution in [0.25, 0.3) is 0 Å². The normalized spacial score (nSPS) is 16.6. The molecule has 1 aliphatic rings. The van der Waals surface area contributed by atoms with Crippen LogP contribution in [0.15, 0.2) is 48.5 Å². The minimum atomic E-state index is -0.157. The third-order valence-corrected chi connectivity index (χ3v) is 4.80. The molecule has 0 bridgehead atoms. The number of likely N-dealkylation sites (tertiary alicyclic amines) is 1. The number of benzene rings is 2. The van der Waals surface area contributed by atoms with Crippen LogP contribution in [-0.2, 0) is 6.54 Å². The van der Waals surface area contributed by atoms with E-state index >= 15 is 0 Å². The summed E-state index contributed by atoms with van der Waals surface area (Å²) in [6, 6.07) is 15.2. The lowest BCUT2D eigenvalue weighted by molar-refractivity contribution is 0.238. The van der Waals surface area contributed by atoms with Crippen molar-refractivity contribution in [3.05, 3.63) is 70.5 Å². The Balaban J connectivity index is 1.69. The molecule has 2 nitrogen and oxygen atoms in total. The predicted octanol–water partition coefficient (Wildman–Crippen LogP) is 4.41. The Hall–Kier alpha value is -1.42. The molecule has 1 fully saturated rings. The van der Waals surface area contributed by atoms with Crippen molar-refractivity contribution in [2.75, 3.05) is 19.6 Å². The Morgan fingerprint density at radius 2 is 1.74 bits per heavy atom. The molecule has 122 valence electrons. The van der Waals surface area contributed by atoms with Gasteiger partial charge in [0.25, 0.3) is 0 Å². The van der Waals surface area contributed by atoms with Crippen molar-refractivity contribution >= 4 is 11.6 Å². The SMILES string of the molecule is Fc1ccccc1CNCC(c1ccccc1Cl)N1CCCC1. The second-order valence-corrected chi connectivity index (χ2v) is 6.41. The van der Waals surface area contributed by atoms with E-state index in [1.165, 1.54) is 18.9 Å². The molecule has 0 amide bonds. The van der Waals surface area contributed by atoms with E-state index in [0.29, 0.717) is 12.1 Å². The van der Waals surface area contributed by atoms with Crippen LogP contribution in [0.4, 0.5) is 4.39 Å². The zero-order valence-electron chi connectivity index (χ0n) is 13.1. The van der Waals surface area contributed by atoms with E-state index in [0.717, 1.165) is 30.2 Å². The highest BCUT2D eigenvalue weighted by atomic mass is 35.5. The number of nitrogens with one attached hydrogen (secondary N) is 1. The Morgan fingerprint density at radius 1 is 1.04 bits per heavy atom. The largest absolute Gasteiger partial charge is 0.311 e. The fourth-order valence-electron chi connectivity index (χ4n) is 3.22. The molecule has 1 aliphatic heterocycles. The Morgan fingerprint density at radius 3 is 2.48 bits per heavy atom. The minimum Gasteiger partial charge on any atom is -0.311 e. The van der Waals surface area contributed by atoms with Gasteiger partial charge in [-0.3, -0.25) is 4.90 Å². The standard InChI is InChI=1S/C19H22ClFN2/c20-17-9-3-2-8-16(17)19(23-11-5-6-12-23)14-22-13-15-7-1-4-10-18(15)21/h1-4,7-10,19,22H,5-6,11-14H2. The van der Waals surface area contributed by atoms with Crippen molar-refractivity contribution < 1.29 is 4.39 Å². The highest BCUT2D eigenvalue weighted by Gasteiger charge is 2.24. The summed E-state index contributed by atoms with van der Waals surface area (Å²) in [7, 11) is 0. The number of nitrogens with zero attached hydrogens (tertiary/aromatic N) is 1. The van der Waals surface area contributed by atoms with E-state index in [-0.39, 0.29) is 11.9 Å². The molecule has 0 aromatic heterocycles. The number of hydrogen-bond donors (Lipinski definition) is 1. The Kier molecular flexibility index (Phi) is 5.65. The molecule has 0 spiro atoms. The van der Waals surface area contributed by atoms with Crippen molar-refractivity contribution in [3.8, 4) is 0 Å². The van der Waals surface area contributed by atoms with Crippen LogP contribution >= 0.6 is 11.6 Å². The van der Waals surface area contributed by atoms with Gasteiger partial charge in [-0.15, -0.1) is 0 Å². The van der Waals surface area contributed by atoms with Gasteiger partial charge in [-0.2, -0.15) is 0 Å². The molecular weight excluding hydrogens is 311 g/mol. The molecule has 0 aliphatic carbocycles. The average molecular weight is 333 g/mol. The maximum Gasteiger partial charge on any atom is 0.127 e. The van der Waals surface area contributed by atoms with Gasteiger partial charge in [0.15, 0.2) is 0 Å². The van der Waals surface area contributed by atoms with Gasteiger partial charge >= 0.3 is 0 Å². The summed E-state index contributed by atoms with van der Waals surface area (Å²) in [6.45, 7) is 3.48. The highest BCUT2D eigenvalue weighted by molar-refractivity contribution is 6.31. The van der Waals surface area contributed by atoms with Crippen molar-refractivity contribution in [2.24, 2.45) is 0 Å². The van der Waals surface area contributed by atoms with Crippen molar-refractivity contribution in [1.29, 1.82) is 0 Å². The zero-order valence-corrected chi connectivity index (χ0v) is 13.9.